The Morgan fingerprint density at radius 3 is 2.11 bits per heavy atom. The Hall–Kier alpha value is -1.68. The molecule has 3 rings (SSSR count). The maximum atomic E-state index is 6.19. The molecular weight excluding hydrogens is 236 g/mol. The molecule has 2 atom stereocenters. The maximum absolute atomic E-state index is 6.19. The monoisotopic (exact) mass is 254 g/mol. The summed E-state index contributed by atoms with van der Waals surface area (Å²) in [7, 11) is 0. The van der Waals surface area contributed by atoms with E-state index in [0.717, 1.165) is 6.54 Å². The van der Waals surface area contributed by atoms with Crippen LogP contribution in [0.2, 0.25) is 0 Å². The van der Waals surface area contributed by atoms with Crippen molar-refractivity contribution in [2.45, 2.75) is 12.1 Å². The van der Waals surface area contributed by atoms with E-state index in [1.807, 2.05) is 41.4 Å². The summed E-state index contributed by atoms with van der Waals surface area (Å²) < 4.78 is 5.98. The van der Waals surface area contributed by atoms with Gasteiger partial charge in [-0.15, -0.1) is 0 Å². The molecule has 0 aliphatic carbocycles. The number of hydrogen-bond donors (Lipinski definition) is 1. The summed E-state index contributed by atoms with van der Waals surface area (Å²) in [5.74, 6) is 6.19. The number of hydrogen-bond acceptors (Lipinski definition) is 3. The number of morpholine rings is 1. The zero-order valence-corrected chi connectivity index (χ0v) is 10.8. The summed E-state index contributed by atoms with van der Waals surface area (Å²) in [4.78, 5) is 0. The molecule has 0 spiro atoms. The maximum Gasteiger partial charge on any atom is 0.104 e. The fraction of sp³-hybridized carbons (Fsp3) is 0.250. The number of nitrogens with zero attached hydrogens (tertiary/aromatic N) is 1. The average molecular weight is 254 g/mol. The van der Waals surface area contributed by atoms with Crippen LogP contribution in [0.1, 0.15) is 23.3 Å². The summed E-state index contributed by atoms with van der Waals surface area (Å²) in [6.07, 6.45) is -0.0117. The summed E-state index contributed by atoms with van der Waals surface area (Å²) >= 11 is 0. The van der Waals surface area contributed by atoms with Crippen molar-refractivity contribution in [3.05, 3.63) is 71.8 Å². The third-order valence-corrected chi connectivity index (χ3v) is 3.56. The lowest BCUT2D eigenvalue weighted by atomic mass is 9.94. The SMILES string of the molecule is NN1CCOC(c2ccccc2)C1c1ccccc1. The summed E-state index contributed by atoms with van der Waals surface area (Å²) in [6.45, 7) is 1.42. The van der Waals surface area contributed by atoms with E-state index in [9.17, 15) is 0 Å². The fourth-order valence-corrected chi connectivity index (χ4v) is 2.63. The van der Waals surface area contributed by atoms with Crippen LogP contribution < -0.4 is 5.84 Å². The summed E-state index contributed by atoms with van der Waals surface area (Å²) in [6, 6.07) is 20.7. The molecule has 0 saturated carbocycles. The van der Waals surface area contributed by atoms with E-state index in [0.29, 0.717) is 6.61 Å². The van der Waals surface area contributed by atoms with Gasteiger partial charge in [-0.2, -0.15) is 0 Å². The van der Waals surface area contributed by atoms with Crippen LogP contribution in [-0.2, 0) is 4.74 Å². The van der Waals surface area contributed by atoms with E-state index in [1.165, 1.54) is 11.1 Å². The van der Waals surface area contributed by atoms with Crippen molar-refractivity contribution in [1.29, 1.82) is 0 Å². The first-order valence-electron chi connectivity index (χ1n) is 6.59. The Bertz CT molecular complexity index is 515. The second kappa shape index (κ2) is 5.53. The van der Waals surface area contributed by atoms with Gasteiger partial charge in [-0.05, 0) is 11.1 Å². The van der Waals surface area contributed by atoms with E-state index >= 15 is 0 Å². The summed E-state index contributed by atoms with van der Waals surface area (Å²) in [5.41, 5.74) is 2.37. The minimum absolute atomic E-state index is 0.0117. The topological polar surface area (TPSA) is 38.5 Å². The molecule has 0 radical (unpaired) electrons. The second-order valence-electron chi connectivity index (χ2n) is 4.80. The van der Waals surface area contributed by atoms with Gasteiger partial charge in [0.2, 0.25) is 0 Å². The van der Waals surface area contributed by atoms with Gasteiger partial charge in [-0.25, -0.2) is 5.01 Å². The van der Waals surface area contributed by atoms with Gasteiger partial charge in [-0.1, -0.05) is 60.7 Å². The molecule has 1 fully saturated rings. The van der Waals surface area contributed by atoms with Crippen molar-refractivity contribution in [3.8, 4) is 0 Å². The second-order valence-corrected chi connectivity index (χ2v) is 4.80. The lowest BCUT2D eigenvalue weighted by Gasteiger charge is -2.39. The van der Waals surface area contributed by atoms with Crippen LogP contribution in [0.3, 0.4) is 0 Å². The minimum atomic E-state index is -0.0117. The Labute approximate surface area is 113 Å². The summed E-state index contributed by atoms with van der Waals surface area (Å²) in [5, 5.41) is 1.89. The third-order valence-electron chi connectivity index (χ3n) is 3.56. The molecule has 1 saturated heterocycles. The molecule has 2 unspecified atom stereocenters. The van der Waals surface area contributed by atoms with Gasteiger partial charge >= 0.3 is 0 Å². The van der Waals surface area contributed by atoms with Gasteiger partial charge in [0.1, 0.15) is 6.10 Å². The molecule has 2 N–H and O–H groups in total. The Balaban J connectivity index is 1.97. The van der Waals surface area contributed by atoms with Crippen LogP contribution in [-0.4, -0.2) is 18.2 Å². The number of ether oxygens (including phenoxy) is 1. The van der Waals surface area contributed by atoms with Crippen LogP contribution >= 0.6 is 0 Å². The van der Waals surface area contributed by atoms with Gasteiger partial charge < -0.3 is 4.74 Å². The quantitative estimate of drug-likeness (QED) is 0.837. The van der Waals surface area contributed by atoms with Crippen LogP contribution in [0, 0.1) is 0 Å². The number of hydrazine groups is 1. The van der Waals surface area contributed by atoms with Crippen LogP contribution in [0.4, 0.5) is 0 Å². The Kier molecular flexibility index (Phi) is 3.60. The van der Waals surface area contributed by atoms with Gasteiger partial charge in [0.25, 0.3) is 0 Å². The van der Waals surface area contributed by atoms with E-state index in [4.69, 9.17) is 10.6 Å². The first-order chi connectivity index (χ1) is 9.36. The predicted octanol–water partition coefficient (Wildman–Crippen LogP) is 2.67. The standard InChI is InChI=1S/C16H18N2O/c17-18-11-12-19-16(14-9-5-2-6-10-14)15(18)13-7-3-1-4-8-13/h1-10,15-16H,11-12,17H2. The number of rotatable bonds is 2. The van der Waals surface area contributed by atoms with Gasteiger partial charge in [0.05, 0.1) is 12.6 Å². The van der Waals surface area contributed by atoms with Crippen LogP contribution in [0.15, 0.2) is 60.7 Å². The molecule has 3 heteroatoms. The van der Waals surface area contributed by atoms with Crippen molar-refractivity contribution in [2.24, 2.45) is 5.84 Å². The highest BCUT2D eigenvalue weighted by Gasteiger charge is 2.32. The molecule has 1 heterocycles. The lowest BCUT2D eigenvalue weighted by molar-refractivity contribution is -0.0760. The number of benzene rings is 2. The van der Waals surface area contributed by atoms with Crippen molar-refractivity contribution >= 4 is 0 Å². The van der Waals surface area contributed by atoms with Gasteiger partial charge in [0.15, 0.2) is 0 Å². The molecule has 2 aromatic carbocycles. The molecule has 0 aromatic heterocycles. The highest BCUT2D eigenvalue weighted by Crippen LogP contribution is 2.37. The largest absolute Gasteiger partial charge is 0.370 e. The van der Waals surface area contributed by atoms with E-state index < -0.39 is 0 Å². The highest BCUT2D eigenvalue weighted by atomic mass is 16.5. The van der Waals surface area contributed by atoms with Crippen LogP contribution in [0.25, 0.3) is 0 Å². The highest BCUT2D eigenvalue weighted by molar-refractivity contribution is 5.27. The van der Waals surface area contributed by atoms with Gasteiger partial charge in [0, 0.05) is 6.54 Å². The fourth-order valence-electron chi connectivity index (χ4n) is 2.63. The molecule has 98 valence electrons. The van der Waals surface area contributed by atoms with E-state index in [1.54, 1.807) is 0 Å². The first kappa shape index (κ1) is 12.4. The predicted molar refractivity (Wildman–Crippen MR) is 75.2 cm³/mol. The molecule has 0 bridgehead atoms. The smallest absolute Gasteiger partial charge is 0.104 e. The minimum Gasteiger partial charge on any atom is -0.370 e. The normalized spacial score (nSPS) is 24.3. The molecule has 1 aliphatic heterocycles. The third kappa shape index (κ3) is 2.54. The first-order valence-corrected chi connectivity index (χ1v) is 6.59. The molecule has 2 aromatic rings. The molecular formula is C16H18N2O. The number of nitrogens with two attached hydrogens (primary N) is 1. The van der Waals surface area contributed by atoms with Crippen LogP contribution in [0.5, 0.6) is 0 Å². The molecule has 1 aliphatic rings. The van der Waals surface area contributed by atoms with Gasteiger partial charge in [-0.3, -0.25) is 5.84 Å². The zero-order chi connectivity index (χ0) is 13.1. The molecule has 0 amide bonds. The van der Waals surface area contributed by atoms with Crippen molar-refractivity contribution in [3.63, 3.8) is 0 Å². The zero-order valence-electron chi connectivity index (χ0n) is 10.8. The van der Waals surface area contributed by atoms with Crippen molar-refractivity contribution in [1.82, 2.24) is 5.01 Å². The van der Waals surface area contributed by atoms with Crippen molar-refractivity contribution < 1.29 is 4.74 Å². The Morgan fingerprint density at radius 2 is 1.47 bits per heavy atom. The molecule has 3 nitrogen and oxygen atoms in total. The Morgan fingerprint density at radius 1 is 0.895 bits per heavy atom. The van der Waals surface area contributed by atoms with E-state index in [-0.39, 0.29) is 12.1 Å². The van der Waals surface area contributed by atoms with E-state index in [2.05, 4.69) is 24.3 Å². The van der Waals surface area contributed by atoms with Crippen molar-refractivity contribution in [2.75, 3.05) is 13.2 Å². The lowest BCUT2D eigenvalue weighted by Crippen LogP contribution is -2.45. The average Bonchev–Trinajstić information content (AvgIpc) is 2.49. The molecule has 19 heavy (non-hydrogen) atoms.